The summed E-state index contributed by atoms with van der Waals surface area (Å²) in [6, 6.07) is 10.7. The van der Waals surface area contributed by atoms with Crippen LogP contribution in [0.2, 0.25) is 0 Å². The lowest BCUT2D eigenvalue weighted by molar-refractivity contribution is -0.119. The number of benzene rings is 2. The summed E-state index contributed by atoms with van der Waals surface area (Å²) in [5.41, 5.74) is 1.90. The van der Waals surface area contributed by atoms with Crippen LogP contribution >= 0.6 is 11.3 Å². The van der Waals surface area contributed by atoms with Crippen molar-refractivity contribution in [3.63, 3.8) is 0 Å². The number of aromatic nitrogens is 1. The molecule has 0 aliphatic heterocycles. The number of ether oxygens (including phenoxy) is 2. The first kappa shape index (κ1) is 20.5. The molecule has 0 radical (unpaired) electrons. The number of anilines is 1. The molecule has 0 unspecified atom stereocenters. The first-order valence-electron chi connectivity index (χ1n) is 8.78. The van der Waals surface area contributed by atoms with Crippen molar-refractivity contribution in [2.45, 2.75) is 20.5 Å². The third-order valence-corrected chi connectivity index (χ3v) is 4.76. The molecule has 1 N–H and O–H groups in total. The number of rotatable bonds is 7. The Labute approximate surface area is 171 Å². The summed E-state index contributed by atoms with van der Waals surface area (Å²) in [4.78, 5) is 28.3. The van der Waals surface area contributed by atoms with E-state index < -0.39 is 24.3 Å². The molecule has 0 aliphatic rings. The van der Waals surface area contributed by atoms with Gasteiger partial charge in [0.05, 0.1) is 16.3 Å². The van der Waals surface area contributed by atoms with Crippen LogP contribution in [0.1, 0.15) is 26.6 Å². The van der Waals surface area contributed by atoms with E-state index in [-0.39, 0.29) is 5.56 Å². The van der Waals surface area contributed by atoms with Crippen LogP contribution in [0.5, 0.6) is 5.75 Å². The minimum Gasteiger partial charge on any atom is -0.487 e. The second-order valence-corrected chi connectivity index (χ2v) is 7.32. The monoisotopic (exact) mass is 414 g/mol. The van der Waals surface area contributed by atoms with Gasteiger partial charge in [0, 0.05) is 11.1 Å². The molecule has 0 bridgehead atoms. The Morgan fingerprint density at radius 1 is 1.14 bits per heavy atom. The highest BCUT2D eigenvalue weighted by molar-refractivity contribution is 7.09. The molecule has 3 rings (SSSR count). The molecule has 0 aliphatic carbocycles. The highest BCUT2D eigenvalue weighted by Gasteiger charge is 2.11. The molecular weight excluding hydrogens is 395 g/mol. The average Bonchev–Trinajstić information content (AvgIpc) is 3.13. The van der Waals surface area contributed by atoms with Crippen LogP contribution in [0.15, 0.2) is 47.8 Å². The molecule has 0 saturated heterocycles. The SMILES string of the molecule is Cc1nc(COc2ccc(C(=O)OCC(=O)Nc3ccc(C)c(F)c3)cc2)cs1. The highest BCUT2D eigenvalue weighted by atomic mass is 32.1. The van der Waals surface area contributed by atoms with E-state index in [1.165, 1.54) is 6.07 Å². The standard InChI is InChI=1S/C21H19FN2O4S/c1-13-3-6-16(9-19(13)22)24-20(25)11-28-21(26)15-4-7-18(8-5-15)27-10-17-12-29-14(2)23-17/h3-9,12H,10-11H2,1-2H3,(H,24,25). The molecule has 1 heterocycles. The summed E-state index contributed by atoms with van der Waals surface area (Å²) in [6.45, 7) is 3.41. The van der Waals surface area contributed by atoms with Gasteiger partial charge < -0.3 is 14.8 Å². The lowest BCUT2D eigenvalue weighted by Gasteiger charge is -2.08. The number of carbonyl (C=O) groups excluding carboxylic acids is 2. The summed E-state index contributed by atoms with van der Waals surface area (Å²) in [7, 11) is 0. The molecule has 29 heavy (non-hydrogen) atoms. The van der Waals surface area contributed by atoms with Gasteiger partial charge in [-0.15, -0.1) is 11.3 Å². The molecular formula is C21H19FN2O4S. The van der Waals surface area contributed by atoms with Gasteiger partial charge >= 0.3 is 5.97 Å². The number of aryl methyl sites for hydroxylation is 2. The van der Waals surface area contributed by atoms with Crippen LogP contribution in [-0.4, -0.2) is 23.5 Å². The van der Waals surface area contributed by atoms with Gasteiger partial charge in [-0.1, -0.05) is 6.07 Å². The second kappa shape index (κ2) is 9.29. The Bertz CT molecular complexity index is 1020. The molecule has 6 nitrogen and oxygen atoms in total. The molecule has 3 aromatic rings. The van der Waals surface area contributed by atoms with Crippen molar-refractivity contribution in [2.75, 3.05) is 11.9 Å². The molecule has 1 amide bonds. The third-order valence-electron chi connectivity index (χ3n) is 3.93. The van der Waals surface area contributed by atoms with Gasteiger partial charge in [0.25, 0.3) is 5.91 Å². The molecule has 150 valence electrons. The van der Waals surface area contributed by atoms with Gasteiger partial charge in [0.1, 0.15) is 18.2 Å². The van der Waals surface area contributed by atoms with Crippen molar-refractivity contribution in [1.29, 1.82) is 0 Å². The number of carbonyl (C=O) groups is 2. The van der Waals surface area contributed by atoms with E-state index in [4.69, 9.17) is 9.47 Å². The Morgan fingerprint density at radius 3 is 2.55 bits per heavy atom. The van der Waals surface area contributed by atoms with Crippen molar-refractivity contribution in [2.24, 2.45) is 0 Å². The minimum atomic E-state index is -0.642. The molecule has 1 aromatic heterocycles. The Balaban J connectivity index is 1.47. The van der Waals surface area contributed by atoms with Crippen LogP contribution in [0.3, 0.4) is 0 Å². The topological polar surface area (TPSA) is 77.5 Å². The first-order valence-corrected chi connectivity index (χ1v) is 9.65. The fourth-order valence-corrected chi connectivity index (χ4v) is 3.00. The van der Waals surface area contributed by atoms with Gasteiger partial charge in [0.15, 0.2) is 6.61 Å². The van der Waals surface area contributed by atoms with E-state index in [1.54, 1.807) is 54.7 Å². The summed E-state index contributed by atoms with van der Waals surface area (Å²) in [5, 5.41) is 5.38. The number of esters is 1. The van der Waals surface area contributed by atoms with E-state index in [1.807, 2.05) is 12.3 Å². The maximum atomic E-state index is 13.5. The number of amides is 1. The lowest BCUT2D eigenvalue weighted by atomic mass is 10.2. The fourth-order valence-electron chi connectivity index (χ4n) is 2.40. The predicted octanol–water partition coefficient (Wildman–Crippen LogP) is 4.27. The molecule has 0 fully saturated rings. The zero-order chi connectivity index (χ0) is 20.8. The van der Waals surface area contributed by atoms with E-state index in [0.717, 1.165) is 10.7 Å². The van der Waals surface area contributed by atoms with Gasteiger partial charge in [-0.2, -0.15) is 0 Å². The van der Waals surface area contributed by atoms with E-state index >= 15 is 0 Å². The third kappa shape index (κ3) is 5.86. The van der Waals surface area contributed by atoms with Crippen LogP contribution in [-0.2, 0) is 16.1 Å². The van der Waals surface area contributed by atoms with Crippen molar-refractivity contribution >= 4 is 28.9 Å². The summed E-state index contributed by atoms with van der Waals surface area (Å²) in [6.07, 6.45) is 0. The molecule has 0 saturated carbocycles. The fraction of sp³-hybridized carbons (Fsp3) is 0.190. The maximum absolute atomic E-state index is 13.5. The Kier molecular flexibility index (Phi) is 6.56. The average molecular weight is 414 g/mol. The maximum Gasteiger partial charge on any atom is 0.338 e. The van der Waals surface area contributed by atoms with E-state index in [0.29, 0.717) is 23.6 Å². The van der Waals surface area contributed by atoms with Gasteiger partial charge in [-0.25, -0.2) is 14.2 Å². The number of nitrogens with one attached hydrogen (secondary N) is 1. The Morgan fingerprint density at radius 2 is 1.90 bits per heavy atom. The second-order valence-electron chi connectivity index (χ2n) is 6.26. The van der Waals surface area contributed by atoms with Gasteiger partial charge in [-0.05, 0) is 55.8 Å². The lowest BCUT2D eigenvalue weighted by Crippen LogP contribution is -2.21. The molecule has 2 aromatic carbocycles. The van der Waals surface area contributed by atoms with Gasteiger partial charge in [0.2, 0.25) is 0 Å². The summed E-state index contributed by atoms with van der Waals surface area (Å²) < 4.78 is 24.1. The summed E-state index contributed by atoms with van der Waals surface area (Å²) in [5.74, 6) is -1.03. The van der Waals surface area contributed by atoms with Crippen LogP contribution in [0.4, 0.5) is 10.1 Å². The number of hydrogen-bond donors (Lipinski definition) is 1. The number of halogens is 1. The minimum absolute atomic E-state index is 0.288. The van der Waals surface area contributed by atoms with E-state index in [2.05, 4.69) is 10.3 Å². The smallest absolute Gasteiger partial charge is 0.338 e. The Hall–Kier alpha value is -3.26. The zero-order valence-electron chi connectivity index (χ0n) is 15.9. The van der Waals surface area contributed by atoms with Crippen molar-refractivity contribution < 1.29 is 23.5 Å². The number of hydrogen-bond acceptors (Lipinski definition) is 6. The largest absolute Gasteiger partial charge is 0.487 e. The van der Waals surface area contributed by atoms with Gasteiger partial charge in [-0.3, -0.25) is 4.79 Å². The molecule has 0 atom stereocenters. The summed E-state index contributed by atoms with van der Waals surface area (Å²) >= 11 is 1.55. The van der Waals surface area contributed by atoms with Crippen molar-refractivity contribution in [3.05, 3.63) is 75.5 Å². The number of thiazole rings is 1. The van der Waals surface area contributed by atoms with Crippen LogP contribution in [0, 0.1) is 19.7 Å². The van der Waals surface area contributed by atoms with Crippen molar-refractivity contribution in [3.8, 4) is 5.75 Å². The van der Waals surface area contributed by atoms with Crippen LogP contribution in [0.25, 0.3) is 0 Å². The predicted molar refractivity (Wildman–Crippen MR) is 108 cm³/mol. The number of nitrogens with zero attached hydrogens (tertiary/aromatic N) is 1. The highest BCUT2D eigenvalue weighted by Crippen LogP contribution is 2.16. The van der Waals surface area contributed by atoms with E-state index in [9.17, 15) is 14.0 Å². The molecule has 0 spiro atoms. The van der Waals surface area contributed by atoms with Crippen LogP contribution < -0.4 is 10.1 Å². The molecule has 8 heteroatoms. The quantitative estimate of drug-likeness (QED) is 0.584. The zero-order valence-corrected chi connectivity index (χ0v) is 16.7. The first-order chi connectivity index (χ1) is 13.9. The van der Waals surface area contributed by atoms with Crippen molar-refractivity contribution in [1.82, 2.24) is 4.98 Å². The normalized spacial score (nSPS) is 10.4.